The minimum absolute atomic E-state index is 0.367. The molecule has 0 saturated heterocycles. The average Bonchev–Trinajstić information content (AvgIpc) is 2.20. The minimum atomic E-state index is -1.11. The van der Waals surface area contributed by atoms with Crippen LogP contribution in [-0.2, 0) is 4.74 Å². The highest BCUT2D eigenvalue weighted by Gasteiger charge is 2.19. The fraction of sp³-hybridized carbons (Fsp3) is 0.125. The molecule has 0 aromatic heterocycles. The van der Waals surface area contributed by atoms with Gasteiger partial charge in [0.05, 0.1) is 18.1 Å². The summed E-state index contributed by atoms with van der Waals surface area (Å²) in [6.07, 6.45) is -1.11. The van der Waals surface area contributed by atoms with Gasteiger partial charge in [0.2, 0.25) is 5.75 Å². The summed E-state index contributed by atoms with van der Waals surface area (Å²) in [7, 11) is 1.05. The molecule has 0 aliphatic heterocycles. The lowest BCUT2D eigenvalue weighted by Gasteiger charge is -2.02. The van der Waals surface area contributed by atoms with Gasteiger partial charge in [-0.1, -0.05) is 0 Å². The summed E-state index contributed by atoms with van der Waals surface area (Å²) in [5, 5.41) is 10.5. The summed E-state index contributed by atoms with van der Waals surface area (Å²) in [5.74, 6) is -1.16. The standard InChI is InChI=1S/C8H6FNO5/c1-14-8(11)15-7-3-2-5(9)4-6(7)10(12)13/h2-4H,1H3. The van der Waals surface area contributed by atoms with Crippen molar-refractivity contribution in [2.45, 2.75) is 0 Å². The van der Waals surface area contributed by atoms with Crippen LogP contribution in [0.5, 0.6) is 5.75 Å². The van der Waals surface area contributed by atoms with Crippen molar-refractivity contribution in [3.63, 3.8) is 0 Å². The Kier molecular flexibility index (Phi) is 3.17. The summed E-state index contributed by atoms with van der Waals surface area (Å²) in [6.45, 7) is 0. The first-order valence-electron chi connectivity index (χ1n) is 3.74. The van der Waals surface area contributed by atoms with Crippen molar-refractivity contribution < 1.29 is 23.6 Å². The summed E-state index contributed by atoms with van der Waals surface area (Å²) < 4.78 is 21.2. The van der Waals surface area contributed by atoms with Crippen molar-refractivity contribution in [1.29, 1.82) is 0 Å². The van der Waals surface area contributed by atoms with Gasteiger partial charge in [-0.15, -0.1) is 0 Å². The number of hydrogen-bond donors (Lipinski definition) is 0. The maximum Gasteiger partial charge on any atom is 0.513 e. The fourth-order valence-corrected chi connectivity index (χ4v) is 0.851. The number of nitrogens with zero attached hydrogens (tertiary/aromatic N) is 1. The number of nitro benzene ring substituents is 1. The highest BCUT2D eigenvalue weighted by molar-refractivity contribution is 5.66. The normalized spacial score (nSPS) is 9.47. The maximum atomic E-state index is 12.7. The number of hydrogen-bond acceptors (Lipinski definition) is 5. The van der Waals surface area contributed by atoms with E-state index in [0.29, 0.717) is 6.07 Å². The summed E-state index contributed by atoms with van der Waals surface area (Å²) in [6, 6.07) is 2.56. The maximum absolute atomic E-state index is 12.7. The van der Waals surface area contributed by atoms with E-state index in [4.69, 9.17) is 0 Å². The van der Waals surface area contributed by atoms with Crippen molar-refractivity contribution in [3.05, 3.63) is 34.1 Å². The topological polar surface area (TPSA) is 78.7 Å². The van der Waals surface area contributed by atoms with Crippen LogP contribution in [0.3, 0.4) is 0 Å². The fourth-order valence-electron chi connectivity index (χ4n) is 0.851. The Morgan fingerprint density at radius 2 is 2.20 bits per heavy atom. The molecule has 1 rings (SSSR count). The zero-order valence-corrected chi connectivity index (χ0v) is 7.60. The number of rotatable bonds is 2. The SMILES string of the molecule is COC(=O)Oc1ccc(F)cc1[N+](=O)[O-]. The molecule has 15 heavy (non-hydrogen) atoms. The number of nitro groups is 1. The van der Waals surface area contributed by atoms with Crippen LogP contribution in [0.15, 0.2) is 18.2 Å². The number of benzene rings is 1. The van der Waals surface area contributed by atoms with Crippen LogP contribution in [0.1, 0.15) is 0 Å². The summed E-state index contributed by atoms with van der Waals surface area (Å²) in [5.41, 5.74) is -0.639. The molecule has 80 valence electrons. The summed E-state index contributed by atoms with van der Waals surface area (Å²) >= 11 is 0. The Hall–Kier alpha value is -2.18. The second kappa shape index (κ2) is 4.36. The lowest BCUT2D eigenvalue weighted by molar-refractivity contribution is -0.385. The summed E-state index contributed by atoms with van der Waals surface area (Å²) in [4.78, 5) is 20.3. The molecule has 0 unspecified atom stereocenters. The van der Waals surface area contributed by atoms with Crippen LogP contribution in [0.2, 0.25) is 0 Å². The van der Waals surface area contributed by atoms with Gasteiger partial charge in [0.15, 0.2) is 0 Å². The van der Waals surface area contributed by atoms with E-state index in [2.05, 4.69) is 9.47 Å². The zero-order chi connectivity index (χ0) is 11.4. The van der Waals surface area contributed by atoms with Crippen LogP contribution in [-0.4, -0.2) is 18.2 Å². The molecule has 1 aromatic carbocycles. The Morgan fingerprint density at radius 3 is 2.73 bits per heavy atom. The molecule has 0 heterocycles. The first-order valence-corrected chi connectivity index (χ1v) is 3.74. The highest BCUT2D eigenvalue weighted by Crippen LogP contribution is 2.27. The molecule has 0 amide bonds. The van der Waals surface area contributed by atoms with Crippen LogP contribution in [0.25, 0.3) is 0 Å². The zero-order valence-electron chi connectivity index (χ0n) is 7.60. The van der Waals surface area contributed by atoms with Crippen molar-refractivity contribution in [1.82, 2.24) is 0 Å². The van der Waals surface area contributed by atoms with Crippen LogP contribution >= 0.6 is 0 Å². The molecule has 0 fully saturated rings. The molecule has 0 saturated carbocycles. The Labute approximate surface area is 83.4 Å². The largest absolute Gasteiger partial charge is 0.513 e. The molecule has 6 nitrogen and oxygen atoms in total. The average molecular weight is 215 g/mol. The van der Waals surface area contributed by atoms with E-state index < -0.39 is 22.6 Å². The molecule has 0 N–H and O–H groups in total. The number of methoxy groups -OCH3 is 1. The number of halogens is 1. The van der Waals surface area contributed by atoms with Gasteiger partial charge in [-0.25, -0.2) is 9.18 Å². The highest BCUT2D eigenvalue weighted by atomic mass is 19.1. The third-order valence-corrected chi connectivity index (χ3v) is 1.48. The number of carbonyl (C=O) groups is 1. The molecule has 0 atom stereocenters. The molecule has 7 heteroatoms. The molecule has 0 aliphatic carbocycles. The third kappa shape index (κ3) is 2.63. The monoisotopic (exact) mass is 215 g/mol. The van der Waals surface area contributed by atoms with Crippen molar-refractivity contribution in [2.24, 2.45) is 0 Å². The molecule has 0 aliphatic rings. The number of carbonyl (C=O) groups excluding carboxylic acids is 1. The van der Waals surface area contributed by atoms with Crippen LogP contribution in [0, 0.1) is 15.9 Å². The van der Waals surface area contributed by atoms with Gasteiger partial charge in [-0.3, -0.25) is 10.1 Å². The van der Waals surface area contributed by atoms with E-state index >= 15 is 0 Å². The Balaban J connectivity index is 3.06. The predicted octanol–water partition coefficient (Wildman–Crippen LogP) is 1.88. The third-order valence-electron chi connectivity index (χ3n) is 1.48. The van der Waals surface area contributed by atoms with E-state index in [1.165, 1.54) is 0 Å². The van der Waals surface area contributed by atoms with Gasteiger partial charge in [0.25, 0.3) is 0 Å². The van der Waals surface area contributed by atoms with Crippen molar-refractivity contribution in [3.8, 4) is 5.75 Å². The Morgan fingerprint density at radius 1 is 1.53 bits per heavy atom. The lowest BCUT2D eigenvalue weighted by Crippen LogP contribution is -2.08. The van der Waals surface area contributed by atoms with E-state index in [1.807, 2.05) is 0 Å². The van der Waals surface area contributed by atoms with Gasteiger partial charge in [0.1, 0.15) is 5.82 Å². The number of ether oxygens (including phenoxy) is 2. The quantitative estimate of drug-likeness (QED) is 0.325. The van der Waals surface area contributed by atoms with Gasteiger partial charge in [-0.05, 0) is 12.1 Å². The molecule has 0 radical (unpaired) electrons. The van der Waals surface area contributed by atoms with Crippen LogP contribution < -0.4 is 4.74 Å². The van der Waals surface area contributed by atoms with Crippen molar-refractivity contribution >= 4 is 11.8 Å². The molecule has 1 aromatic rings. The van der Waals surface area contributed by atoms with Crippen LogP contribution in [0.4, 0.5) is 14.9 Å². The second-order valence-electron chi connectivity index (χ2n) is 2.43. The smallest absolute Gasteiger partial charge is 0.437 e. The molecular weight excluding hydrogens is 209 g/mol. The minimum Gasteiger partial charge on any atom is -0.437 e. The predicted molar refractivity (Wildman–Crippen MR) is 46.1 cm³/mol. The first-order chi connectivity index (χ1) is 7.04. The van der Waals surface area contributed by atoms with E-state index in [-0.39, 0.29) is 5.75 Å². The molecule has 0 spiro atoms. The van der Waals surface area contributed by atoms with Gasteiger partial charge < -0.3 is 9.47 Å². The van der Waals surface area contributed by atoms with Gasteiger partial charge in [0, 0.05) is 0 Å². The molecular formula is C8H6FNO5. The first kappa shape index (κ1) is 10.9. The van der Waals surface area contributed by atoms with Gasteiger partial charge >= 0.3 is 11.8 Å². The molecule has 0 bridgehead atoms. The Bertz CT molecular complexity index is 406. The van der Waals surface area contributed by atoms with E-state index in [9.17, 15) is 19.3 Å². The lowest BCUT2D eigenvalue weighted by atomic mass is 10.3. The van der Waals surface area contributed by atoms with E-state index in [1.54, 1.807) is 0 Å². The van der Waals surface area contributed by atoms with E-state index in [0.717, 1.165) is 19.2 Å². The van der Waals surface area contributed by atoms with Crippen molar-refractivity contribution in [2.75, 3.05) is 7.11 Å². The second-order valence-corrected chi connectivity index (χ2v) is 2.43. The van der Waals surface area contributed by atoms with Gasteiger partial charge in [-0.2, -0.15) is 0 Å².